The largest absolute Gasteiger partial charge is 0.388 e. The van der Waals surface area contributed by atoms with E-state index in [0.717, 1.165) is 12.2 Å². The second-order valence-electron chi connectivity index (χ2n) is 4.08. The molecule has 1 heterocycles. The molecular formula is C12H17N7. The predicted molar refractivity (Wildman–Crippen MR) is 73.6 cm³/mol. The number of aromatic nitrogens is 4. The number of hydrogen-bond acceptors (Lipinski definition) is 5. The van der Waals surface area contributed by atoms with Gasteiger partial charge in [0.05, 0.1) is 11.5 Å². The SMILES string of the molecule is CCN(CCC(=N)N)c1nnnn1-c1ccccc1. The predicted octanol–water partition coefficient (Wildman–Crippen LogP) is 0.815. The summed E-state index contributed by atoms with van der Waals surface area (Å²) in [6.07, 6.45) is 0.496. The molecule has 0 aliphatic carbocycles. The molecular weight excluding hydrogens is 242 g/mol. The van der Waals surface area contributed by atoms with E-state index in [9.17, 15) is 0 Å². The maximum atomic E-state index is 7.30. The number of tetrazole rings is 1. The summed E-state index contributed by atoms with van der Waals surface area (Å²) in [7, 11) is 0. The fourth-order valence-electron chi connectivity index (χ4n) is 1.77. The van der Waals surface area contributed by atoms with E-state index in [2.05, 4.69) is 15.5 Å². The Bertz CT molecular complexity index is 534. The van der Waals surface area contributed by atoms with Crippen molar-refractivity contribution < 1.29 is 0 Å². The molecule has 0 fully saturated rings. The minimum Gasteiger partial charge on any atom is -0.388 e. The zero-order valence-electron chi connectivity index (χ0n) is 10.8. The van der Waals surface area contributed by atoms with Crippen molar-refractivity contribution >= 4 is 11.8 Å². The van der Waals surface area contributed by atoms with Crippen LogP contribution in [0.3, 0.4) is 0 Å². The van der Waals surface area contributed by atoms with Crippen LogP contribution >= 0.6 is 0 Å². The summed E-state index contributed by atoms with van der Waals surface area (Å²) in [5, 5.41) is 19.1. The van der Waals surface area contributed by atoms with Gasteiger partial charge in [0.25, 0.3) is 0 Å². The molecule has 0 amide bonds. The fourth-order valence-corrected chi connectivity index (χ4v) is 1.77. The molecule has 0 aliphatic rings. The molecule has 7 heteroatoms. The first-order chi connectivity index (χ1) is 9.22. The highest BCUT2D eigenvalue weighted by atomic mass is 15.6. The first-order valence-electron chi connectivity index (χ1n) is 6.14. The summed E-state index contributed by atoms with van der Waals surface area (Å²) in [4.78, 5) is 1.99. The molecule has 3 N–H and O–H groups in total. The van der Waals surface area contributed by atoms with E-state index >= 15 is 0 Å². The number of amidine groups is 1. The van der Waals surface area contributed by atoms with Crippen LogP contribution in [0.2, 0.25) is 0 Å². The summed E-state index contributed by atoms with van der Waals surface area (Å²) in [5.41, 5.74) is 6.30. The van der Waals surface area contributed by atoms with Crippen LogP contribution in [0.25, 0.3) is 5.69 Å². The van der Waals surface area contributed by atoms with Gasteiger partial charge in [0.15, 0.2) is 0 Å². The molecule has 0 bridgehead atoms. The van der Waals surface area contributed by atoms with Crippen LogP contribution in [0.5, 0.6) is 0 Å². The normalized spacial score (nSPS) is 10.4. The molecule has 100 valence electrons. The van der Waals surface area contributed by atoms with Gasteiger partial charge in [0.2, 0.25) is 5.95 Å². The van der Waals surface area contributed by atoms with Crippen LogP contribution in [0.15, 0.2) is 30.3 Å². The second-order valence-corrected chi connectivity index (χ2v) is 4.08. The molecule has 0 radical (unpaired) electrons. The third kappa shape index (κ3) is 3.06. The lowest BCUT2D eigenvalue weighted by Gasteiger charge is -2.20. The Labute approximate surface area is 111 Å². The van der Waals surface area contributed by atoms with Crippen molar-refractivity contribution in [2.24, 2.45) is 5.73 Å². The quantitative estimate of drug-likeness (QED) is 0.591. The van der Waals surface area contributed by atoms with E-state index in [1.54, 1.807) is 4.68 Å². The van der Waals surface area contributed by atoms with Crippen LogP contribution in [0, 0.1) is 5.41 Å². The first-order valence-corrected chi connectivity index (χ1v) is 6.14. The van der Waals surface area contributed by atoms with Gasteiger partial charge in [-0.3, -0.25) is 5.41 Å². The van der Waals surface area contributed by atoms with Gasteiger partial charge in [-0.05, 0) is 29.5 Å². The Morgan fingerprint density at radius 1 is 1.37 bits per heavy atom. The van der Waals surface area contributed by atoms with E-state index in [0.29, 0.717) is 18.9 Å². The van der Waals surface area contributed by atoms with E-state index in [1.165, 1.54) is 0 Å². The molecule has 0 unspecified atom stereocenters. The molecule has 0 atom stereocenters. The van der Waals surface area contributed by atoms with E-state index in [4.69, 9.17) is 11.1 Å². The molecule has 0 spiro atoms. The van der Waals surface area contributed by atoms with Crippen LogP contribution < -0.4 is 10.6 Å². The monoisotopic (exact) mass is 259 g/mol. The number of anilines is 1. The number of nitrogens with zero attached hydrogens (tertiary/aromatic N) is 5. The van der Waals surface area contributed by atoms with Gasteiger partial charge < -0.3 is 10.6 Å². The van der Waals surface area contributed by atoms with Gasteiger partial charge in [0, 0.05) is 19.5 Å². The zero-order chi connectivity index (χ0) is 13.7. The van der Waals surface area contributed by atoms with Gasteiger partial charge in [-0.2, -0.15) is 4.68 Å². The summed E-state index contributed by atoms with van der Waals surface area (Å²) < 4.78 is 1.68. The maximum Gasteiger partial charge on any atom is 0.250 e. The van der Waals surface area contributed by atoms with Gasteiger partial charge in [-0.25, -0.2) is 0 Å². The summed E-state index contributed by atoms with van der Waals surface area (Å²) >= 11 is 0. The van der Waals surface area contributed by atoms with E-state index < -0.39 is 0 Å². The minimum absolute atomic E-state index is 0.164. The number of nitrogens with two attached hydrogens (primary N) is 1. The summed E-state index contributed by atoms with van der Waals surface area (Å²) in [6, 6.07) is 9.71. The van der Waals surface area contributed by atoms with Crippen LogP contribution in [0.1, 0.15) is 13.3 Å². The van der Waals surface area contributed by atoms with Crippen molar-refractivity contribution in [3.05, 3.63) is 30.3 Å². The van der Waals surface area contributed by atoms with Crippen molar-refractivity contribution in [1.82, 2.24) is 20.2 Å². The van der Waals surface area contributed by atoms with E-state index in [1.807, 2.05) is 42.2 Å². The molecule has 0 saturated heterocycles. The molecule has 0 saturated carbocycles. The highest BCUT2D eigenvalue weighted by Gasteiger charge is 2.14. The van der Waals surface area contributed by atoms with Crippen LogP contribution in [0.4, 0.5) is 5.95 Å². The number of nitrogens with one attached hydrogen (secondary N) is 1. The molecule has 7 nitrogen and oxygen atoms in total. The first kappa shape index (κ1) is 13.0. The van der Waals surface area contributed by atoms with Crippen molar-refractivity contribution in [3.63, 3.8) is 0 Å². The Kier molecular flexibility index (Phi) is 4.07. The second kappa shape index (κ2) is 5.94. The lowest BCUT2D eigenvalue weighted by atomic mass is 10.3. The smallest absolute Gasteiger partial charge is 0.250 e. The number of hydrogen-bond donors (Lipinski definition) is 2. The maximum absolute atomic E-state index is 7.30. The van der Waals surface area contributed by atoms with Crippen molar-refractivity contribution in [2.75, 3.05) is 18.0 Å². The number of benzene rings is 1. The summed E-state index contributed by atoms with van der Waals surface area (Å²) in [6.45, 7) is 3.39. The summed E-state index contributed by atoms with van der Waals surface area (Å²) in [5.74, 6) is 0.826. The van der Waals surface area contributed by atoms with Gasteiger partial charge >= 0.3 is 0 Å². The molecule has 2 rings (SSSR count). The van der Waals surface area contributed by atoms with Crippen molar-refractivity contribution in [3.8, 4) is 5.69 Å². The van der Waals surface area contributed by atoms with Crippen molar-refractivity contribution in [2.45, 2.75) is 13.3 Å². The average Bonchev–Trinajstić information content (AvgIpc) is 2.89. The molecule has 0 aliphatic heterocycles. The standard InChI is InChI=1S/C12H17N7/c1-2-18(9-8-11(13)14)12-15-16-17-19(12)10-6-4-3-5-7-10/h3-7H,2,8-9H2,1H3,(H3,13,14). The van der Waals surface area contributed by atoms with Crippen LogP contribution in [-0.4, -0.2) is 39.1 Å². The van der Waals surface area contributed by atoms with Gasteiger partial charge in [-0.1, -0.05) is 23.3 Å². The molecule has 1 aromatic carbocycles. The average molecular weight is 259 g/mol. The van der Waals surface area contributed by atoms with Gasteiger partial charge in [0.1, 0.15) is 0 Å². The Morgan fingerprint density at radius 2 is 2.11 bits per heavy atom. The molecule has 1 aromatic heterocycles. The number of rotatable bonds is 6. The Balaban J connectivity index is 2.25. The third-order valence-corrected chi connectivity index (χ3v) is 2.77. The highest BCUT2D eigenvalue weighted by molar-refractivity contribution is 5.77. The lowest BCUT2D eigenvalue weighted by molar-refractivity contribution is 0.748. The Hall–Kier alpha value is -2.44. The van der Waals surface area contributed by atoms with Gasteiger partial charge in [-0.15, -0.1) is 0 Å². The minimum atomic E-state index is 0.164. The molecule has 19 heavy (non-hydrogen) atoms. The highest BCUT2D eigenvalue weighted by Crippen LogP contribution is 2.15. The zero-order valence-corrected chi connectivity index (χ0v) is 10.8. The number of para-hydroxylation sites is 1. The van der Waals surface area contributed by atoms with Crippen LogP contribution in [-0.2, 0) is 0 Å². The lowest BCUT2D eigenvalue weighted by Crippen LogP contribution is -2.30. The molecule has 2 aromatic rings. The van der Waals surface area contributed by atoms with Crippen molar-refractivity contribution in [1.29, 1.82) is 5.41 Å². The third-order valence-electron chi connectivity index (χ3n) is 2.77. The topological polar surface area (TPSA) is 96.7 Å². The fraction of sp³-hybridized carbons (Fsp3) is 0.333. The van der Waals surface area contributed by atoms with E-state index in [-0.39, 0.29) is 5.84 Å². The Morgan fingerprint density at radius 3 is 2.74 bits per heavy atom.